The maximum absolute atomic E-state index is 12.4. The van der Waals surface area contributed by atoms with E-state index >= 15 is 0 Å². The van der Waals surface area contributed by atoms with Gasteiger partial charge in [-0.25, -0.2) is 4.68 Å². The molecule has 0 spiro atoms. The number of benzene rings is 2. The zero-order valence-corrected chi connectivity index (χ0v) is 13.6. The molecule has 0 aliphatic rings. The molecule has 5 heteroatoms. The van der Waals surface area contributed by atoms with Gasteiger partial charge in [-0.3, -0.25) is 4.79 Å². The molecule has 0 radical (unpaired) electrons. The van der Waals surface area contributed by atoms with Crippen molar-refractivity contribution in [2.45, 2.75) is 13.0 Å². The molecule has 0 saturated heterocycles. The molecule has 0 bridgehead atoms. The number of nitrogens with one attached hydrogen (secondary N) is 2. The molecule has 124 valence electrons. The predicted molar refractivity (Wildman–Crippen MR) is 97.4 cm³/mol. The van der Waals surface area contributed by atoms with Crippen LogP contribution in [0.5, 0.6) is 0 Å². The number of amides is 1. The van der Waals surface area contributed by atoms with E-state index < -0.39 is 0 Å². The normalized spacial score (nSPS) is 10.9. The number of carbonyl (C=O) groups is 1. The molecule has 4 rings (SSSR count). The third kappa shape index (κ3) is 3.17. The van der Waals surface area contributed by atoms with Gasteiger partial charge >= 0.3 is 0 Å². The largest absolute Gasteiger partial charge is 0.361 e. The topological polar surface area (TPSA) is 62.7 Å². The Balaban J connectivity index is 1.46. The summed E-state index contributed by atoms with van der Waals surface area (Å²) in [5.41, 5.74) is 4.06. The number of nitrogens with zero attached hydrogens (tertiary/aromatic N) is 2. The molecule has 4 aromatic rings. The van der Waals surface area contributed by atoms with Gasteiger partial charge in [-0.15, -0.1) is 0 Å². The molecule has 25 heavy (non-hydrogen) atoms. The number of fused-ring (bicyclic) bond motifs is 1. The first-order valence-electron chi connectivity index (χ1n) is 8.21. The third-order valence-electron chi connectivity index (χ3n) is 4.24. The van der Waals surface area contributed by atoms with Crippen LogP contribution in [0.4, 0.5) is 0 Å². The quantitative estimate of drug-likeness (QED) is 0.590. The van der Waals surface area contributed by atoms with E-state index in [2.05, 4.69) is 15.4 Å². The number of carbonyl (C=O) groups excluding carboxylic acids is 1. The van der Waals surface area contributed by atoms with Gasteiger partial charge in [0.1, 0.15) is 0 Å². The molecule has 0 aliphatic heterocycles. The lowest BCUT2D eigenvalue weighted by atomic mass is 10.1. The van der Waals surface area contributed by atoms with E-state index in [0.29, 0.717) is 13.0 Å². The monoisotopic (exact) mass is 330 g/mol. The third-order valence-corrected chi connectivity index (χ3v) is 4.24. The molecule has 0 unspecified atom stereocenters. The fourth-order valence-corrected chi connectivity index (χ4v) is 3.00. The summed E-state index contributed by atoms with van der Waals surface area (Å²) in [7, 11) is 0. The van der Waals surface area contributed by atoms with E-state index in [1.165, 1.54) is 0 Å². The van der Waals surface area contributed by atoms with Crippen LogP contribution < -0.4 is 5.32 Å². The van der Waals surface area contributed by atoms with Crippen LogP contribution in [-0.4, -0.2) is 20.7 Å². The van der Waals surface area contributed by atoms with Crippen molar-refractivity contribution in [2.24, 2.45) is 0 Å². The zero-order chi connectivity index (χ0) is 17.1. The highest BCUT2D eigenvalue weighted by Crippen LogP contribution is 2.18. The standard InChI is InChI=1S/C20H18N4O/c25-20(12-16-14-21-18-8-3-2-7-17(16)18)22-13-15-6-1-4-9-19(15)24-11-5-10-23-24/h1-11,14,21H,12-13H2,(H,22,25). The maximum atomic E-state index is 12.4. The summed E-state index contributed by atoms with van der Waals surface area (Å²) in [6.07, 6.45) is 5.90. The number of hydrogen-bond donors (Lipinski definition) is 2. The molecule has 2 aromatic heterocycles. The molecule has 0 aliphatic carbocycles. The fourth-order valence-electron chi connectivity index (χ4n) is 3.00. The lowest BCUT2D eigenvalue weighted by Gasteiger charge is -2.10. The van der Waals surface area contributed by atoms with Gasteiger partial charge in [0.15, 0.2) is 0 Å². The van der Waals surface area contributed by atoms with Crippen molar-refractivity contribution < 1.29 is 4.79 Å². The molecule has 2 heterocycles. The van der Waals surface area contributed by atoms with Gasteiger partial charge in [0.05, 0.1) is 12.1 Å². The minimum absolute atomic E-state index is 0.0000198. The Kier molecular flexibility index (Phi) is 4.04. The van der Waals surface area contributed by atoms with Crippen LogP contribution in [0.3, 0.4) is 0 Å². The van der Waals surface area contributed by atoms with E-state index in [-0.39, 0.29) is 5.91 Å². The summed E-state index contributed by atoms with van der Waals surface area (Å²) in [6.45, 7) is 0.469. The highest BCUT2D eigenvalue weighted by molar-refractivity contribution is 5.88. The fraction of sp³-hybridized carbons (Fsp3) is 0.100. The van der Waals surface area contributed by atoms with Crippen molar-refractivity contribution >= 4 is 16.8 Å². The van der Waals surface area contributed by atoms with E-state index in [0.717, 1.165) is 27.7 Å². The van der Waals surface area contributed by atoms with Crippen molar-refractivity contribution in [3.63, 3.8) is 0 Å². The average molecular weight is 330 g/mol. The SMILES string of the molecule is O=C(Cc1c[nH]c2ccccc12)NCc1ccccc1-n1cccn1. The molecule has 0 fully saturated rings. The minimum atomic E-state index is 0.0000198. The number of hydrogen-bond acceptors (Lipinski definition) is 2. The van der Waals surface area contributed by atoms with E-state index in [1.807, 2.05) is 67.0 Å². The van der Waals surface area contributed by atoms with Crippen LogP contribution in [0, 0.1) is 0 Å². The van der Waals surface area contributed by atoms with Gasteiger partial charge in [-0.05, 0) is 29.3 Å². The Morgan fingerprint density at radius 3 is 2.76 bits per heavy atom. The Bertz CT molecular complexity index is 1000. The highest BCUT2D eigenvalue weighted by atomic mass is 16.1. The lowest BCUT2D eigenvalue weighted by molar-refractivity contribution is -0.120. The van der Waals surface area contributed by atoms with E-state index in [4.69, 9.17) is 0 Å². The maximum Gasteiger partial charge on any atom is 0.224 e. The van der Waals surface area contributed by atoms with E-state index in [1.54, 1.807) is 10.9 Å². The van der Waals surface area contributed by atoms with Gasteiger partial charge in [-0.2, -0.15) is 5.10 Å². The second-order valence-electron chi connectivity index (χ2n) is 5.89. The Hall–Kier alpha value is -3.34. The molecule has 0 saturated carbocycles. The highest BCUT2D eigenvalue weighted by Gasteiger charge is 2.10. The van der Waals surface area contributed by atoms with E-state index in [9.17, 15) is 4.79 Å². The average Bonchev–Trinajstić information content (AvgIpc) is 3.31. The number of aromatic nitrogens is 3. The predicted octanol–water partition coefficient (Wildman–Crippen LogP) is 3.21. The Morgan fingerprint density at radius 2 is 1.88 bits per heavy atom. The van der Waals surface area contributed by atoms with Crippen molar-refractivity contribution in [2.75, 3.05) is 0 Å². The van der Waals surface area contributed by atoms with Gasteiger partial charge in [-0.1, -0.05) is 36.4 Å². The van der Waals surface area contributed by atoms with Crippen LogP contribution in [-0.2, 0) is 17.8 Å². The minimum Gasteiger partial charge on any atom is -0.361 e. The van der Waals surface area contributed by atoms with Crippen LogP contribution in [0.1, 0.15) is 11.1 Å². The number of H-pyrrole nitrogens is 1. The van der Waals surface area contributed by atoms with Gasteiger partial charge < -0.3 is 10.3 Å². The molecule has 1 amide bonds. The summed E-state index contributed by atoms with van der Waals surface area (Å²) in [5.74, 6) is 0.0000198. The first-order chi connectivity index (χ1) is 12.3. The first-order valence-corrected chi connectivity index (χ1v) is 8.21. The molecule has 0 atom stereocenters. The number of para-hydroxylation sites is 2. The van der Waals surface area contributed by atoms with Gasteiger partial charge in [0.2, 0.25) is 5.91 Å². The number of aromatic amines is 1. The van der Waals surface area contributed by atoms with Crippen LogP contribution in [0.2, 0.25) is 0 Å². The second-order valence-corrected chi connectivity index (χ2v) is 5.89. The lowest BCUT2D eigenvalue weighted by Crippen LogP contribution is -2.25. The Morgan fingerprint density at radius 1 is 1.04 bits per heavy atom. The zero-order valence-electron chi connectivity index (χ0n) is 13.6. The van der Waals surface area contributed by atoms with Crippen LogP contribution in [0.25, 0.3) is 16.6 Å². The molecule has 2 N–H and O–H groups in total. The summed E-state index contributed by atoms with van der Waals surface area (Å²) < 4.78 is 1.81. The van der Waals surface area contributed by atoms with Crippen molar-refractivity contribution in [3.05, 3.63) is 84.3 Å². The molecular formula is C20H18N4O. The van der Waals surface area contributed by atoms with Crippen molar-refractivity contribution in [1.29, 1.82) is 0 Å². The molecule has 2 aromatic carbocycles. The number of rotatable bonds is 5. The van der Waals surface area contributed by atoms with Gasteiger partial charge in [0.25, 0.3) is 0 Å². The molecule has 5 nitrogen and oxygen atoms in total. The van der Waals surface area contributed by atoms with Crippen molar-refractivity contribution in [3.8, 4) is 5.69 Å². The first kappa shape index (κ1) is 15.2. The van der Waals surface area contributed by atoms with Crippen molar-refractivity contribution in [1.82, 2.24) is 20.1 Å². The molecular weight excluding hydrogens is 312 g/mol. The van der Waals surface area contributed by atoms with Crippen LogP contribution in [0.15, 0.2) is 73.2 Å². The smallest absolute Gasteiger partial charge is 0.224 e. The van der Waals surface area contributed by atoms with Gasteiger partial charge in [0, 0.05) is 36.0 Å². The summed E-state index contributed by atoms with van der Waals surface area (Å²) in [6, 6.07) is 17.8. The summed E-state index contributed by atoms with van der Waals surface area (Å²) in [4.78, 5) is 15.6. The summed E-state index contributed by atoms with van der Waals surface area (Å²) in [5, 5.41) is 8.37. The second kappa shape index (κ2) is 6.65. The Labute approximate surface area is 145 Å². The van der Waals surface area contributed by atoms with Crippen LogP contribution >= 0.6 is 0 Å². The summed E-state index contributed by atoms with van der Waals surface area (Å²) >= 11 is 0.